The van der Waals surface area contributed by atoms with E-state index in [1.807, 2.05) is 43.3 Å². The van der Waals surface area contributed by atoms with Crippen LogP contribution in [0, 0.1) is 0 Å². The highest BCUT2D eigenvalue weighted by Gasteiger charge is 2.35. The summed E-state index contributed by atoms with van der Waals surface area (Å²) in [5.41, 5.74) is 0.595. The summed E-state index contributed by atoms with van der Waals surface area (Å²) in [6.07, 6.45) is -4.50. The molecule has 6 heteroatoms. The fourth-order valence-corrected chi connectivity index (χ4v) is 2.21. The fraction of sp³-hybridized carbons (Fsp3) is 0.188. The van der Waals surface area contributed by atoms with Gasteiger partial charge in [-0.05, 0) is 29.0 Å². The first-order chi connectivity index (χ1) is 10.3. The number of nitrogens with zero attached hydrogens (tertiary/aromatic N) is 2. The lowest BCUT2D eigenvalue weighted by molar-refractivity contribution is -0.142. The van der Waals surface area contributed by atoms with Crippen LogP contribution in [-0.4, -0.2) is 19.3 Å². The van der Waals surface area contributed by atoms with Crippen LogP contribution in [0.4, 0.5) is 18.9 Å². The van der Waals surface area contributed by atoms with Crippen LogP contribution < -0.4 is 4.90 Å². The van der Waals surface area contributed by atoms with Crippen LogP contribution in [0.1, 0.15) is 5.69 Å². The third-order valence-corrected chi connectivity index (χ3v) is 3.43. The Kier molecular flexibility index (Phi) is 3.31. The van der Waals surface area contributed by atoms with Gasteiger partial charge in [0.1, 0.15) is 0 Å². The van der Waals surface area contributed by atoms with Crippen molar-refractivity contribution in [2.75, 3.05) is 19.0 Å². The van der Waals surface area contributed by atoms with Crippen molar-refractivity contribution < 1.29 is 17.7 Å². The molecule has 1 heterocycles. The van der Waals surface area contributed by atoms with E-state index >= 15 is 0 Å². The van der Waals surface area contributed by atoms with E-state index in [2.05, 4.69) is 5.16 Å². The minimum Gasteiger partial charge on any atom is -0.378 e. The number of aromatic nitrogens is 1. The third kappa shape index (κ3) is 2.64. The number of anilines is 1. The van der Waals surface area contributed by atoms with Gasteiger partial charge in [-0.3, -0.25) is 0 Å². The van der Waals surface area contributed by atoms with E-state index in [0.29, 0.717) is 5.56 Å². The van der Waals surface area contributed by atoms with Gasteiger partial charge in [0.05, 0.1) is 0 Å². The monoisotopic (exact) mass is 306 g/mol. The number of hydrogen-bond donors (Lipinski definition) is 0. The predicted octanol–water partition coefficient (Wildman–Crippen LogP) is 4.58. The number of halogens is 3. The lowest BCUT2D eigenvalue weighted by Gasteiger charge is -2.13. The normalized spacial score (nSPS) is 11.9. The second-order valence-corrected chi connectivity index (χ2v) is 5.21. The van der Waals surface area contributed by atoms with E-state index in [4.69, 9.17) is 4.52 Å². The molecule has 1 aromatic heterocycles. The largest absolute Gasteiger partial charge is 0.436 e. The molecule has 0 atom stereocenters. The minimum absolute atomic E-state index is 0.103. The summed E-state index contributed by atoms with van der Waals surface area (Å²) in [4.78, 5) is 1.99. The Bertz CT molecular complexity index is 822. The molecule has 0 aliphatic carbocycles. The van der Waals surface area contributed by atoms with Crippen molar-refractivity contribution in [1.82, 2.24) is 5.16 Å². The van der Waals surface area contributed by atoms with E-state index in [1.165, 1.54) is 0 Å². The summed E-state index contributed by atoms with van der Waals surface area (Å²) in [7, 11) is 3.89. The molecule has 0 radical (unpaired) electrons. The van der Waals surface area contributed by atoms with Gasteiger partial charge >= 0.3 is 6.18 Å². The summed E-state index contributed by atoms with van der Waals surface area (Å²) in [5, 5.41) is 5.00. The number of alkyl halides is 3. The highest BCUT2D eigenvalue weighted by Crippen LogP contribution is 2.33. The van der Waals surface area contributed by atoms with Crippen LogP contribution in [0.5, 0.6) is 0 Å². The summed E-state index contributed by atoms with van der Waals surface area (Å²) >= 11 is 0. The third-order valence-electron chi connectivity index (χ3n) is 3.43. The standard InChI is InChI=1S/C16H13F3N2O/c1-21(2)13-6-5-10-7-12(4-3-11(10)8-13)14-9-15(20-22-14)16(17,18)19/h3-9H,1-2H3. The predicted molar refractivity (Wildman–Crippen MR) is 78.8 cm³/mol. The van der Waals surface area contributed by atoms with Gasteiger partial charge in [0.15, 0.2) is 11.5 Å². The maximum atomic E-state index is 12.6. The minimum atomic E-state index is -4.50. The van der Waals surface area contributed by atoms with Crippen LogP contribution in [-0.2, 0) is 6.18 Å². The molecule has 2 aromatic carbocycles. The number of benzene rings is 2. The van der Waals surface area contributed by atoms with Crippen LogP contribution in [0.3, 0.4) is 0 Å². The molecule has 0 amide bonds. The van der Waals surface area contributed by atoms with Gasteiger partial charge < -0.3 is 9.42 Å². The van der Waals surface area contributed by atoms with E-state index in [9.17, 15) is 13.2 Å². The fourth-order valence-electron chi connectivity index (χ4n) is 2.21. The smallest absolute Gasteiger partial charge is 0.378 e. The van der Waals surface area contributed by atoms with Gasteiger partial charge in [0.2, 0.25) is 0 Å². The lowest BCUT2D eigenvalue weighted by atomic mass is 10.0. The Morgan fingerprint density at radius 3 is 2.27 bits per heavy atom. The first-order valence-corrected chi connectivity index (χ1v) is 6.60. The topological polar surface area (TPSA) is 29.3 Å². The average Bonchev–Trinajstić information content (AvgIpc) is 2.96. The molecule has 0 aliphatic heterocycles. The summed E-state index contributed by atoms with van der Waals surface area (Å²) in [6.45, 7) is 0. The zero-order valence-electron chi connectivity index (χ0n) is 12.0. The molecule has 114 valence electrons. The van der Waals surface area contributed by atoms with Crippen LogP contribution in [0.25, 0.3) is 22.1 Å². The summed E-state index contributed by atoms with van der Waals surface area (Å²) in [5.74, 6) is 0.103. The Labute approximate surface area is 124 Å². The first kappa shape index (κ1) is 14.4. The highest BCUT2D eigenvalue weighted by atomic mass is 19.4. The molecule has 0 aliphatic rings. The molecule has 0 spiro atoms. The first-order valence-electron chi connectivity index (χ1n) is 6.60. The number of fused-ring (bicyclic) bond motifs is 1. The van der Waals surface area contributed by atoms with E-state index in [1.54, 1.807) is 12.1 Å². The Balaban J connectivity index is 2.02. The quantitative estimate of drug-likeness (QED) is 0.694. The molecular formula is C16H13F3N2O. The average molecular weight is 306 g/mol. The van der Waals surface area contributed by atoms with Gasteiger partial charge in [0, 0.05) is 31.4 Å². The maximum Gasteiger partial charge on any atom is 0.436 e. The van der Waals surface area contributed by atoms with Crippen molar-refractivity contribution in [1.29, 1.82) is 0 Å². The molecular weight excluding hydrogens is 293 g/mol. The van der Waals surface area contributed by atoms with Crippen molar-refractivity contribution in [2.45, 2.75) is 6.18 Å². The SMILES string of the molecule is CN(C)c1ccc2cc(-c3cc(C(F)(F)F)no3)ccc2c1. The zero-order valence-corrected chi connectivity index (χ0v) is 12.0. The van der Waals surface area contributed by atoms with Crippen molar-refractivity contribution in [3.63, 3.8) is 0 Å². The molecule has 0 N–H and O–H groups in total. The molecule has 3 aromatic rings. The van der Waals surface area contributed by atoms with Gasteiger partial charge in [-0.25, -0.2) is 0 Å². The molecule has 0 fully saturated rings. The number of rotatable bonds is 2. The maximum absolute atomic E-state index is 12.6. The number of hydrogen-bond acceptors (Lipinski definition) is 3. The van der Waals surface area contributed by atoms with E-state index < -0.39 is 11.9 Å². The van der Waals surface area contributed by atoms with Gasteiger partial charge in [-0.1, -0.05) is 23.4 Å². The van der Waals surface area contributed by atoms with Gasteiger partial charge in [-0.15, -0.1) is 0 Å². The van der Waals surface area contributed by atoms with E-state index in [0.717, 1.165) is 22.5 Å². The Hall–Kier alpha value is -2.50. The van der Waals surface area contributed by atoms with Crippen molar-refractivity contribution in [3.8, 4) is 11.3 Å². The summed E-state index contributed by atoms with van der Waals surface area (Å²) < 4.78 is 42.5. The van der Waals surface area contributed by atoms with Crippen molar-refractivity contribution in [3.05, 3.63) is 48.2 Å². The van der Waals surface area contributed by atoms with Crippen LogP contribution in [0.15, 0.2) is 47.0 Å². The van der Waals surface area contributed by atoms with Crippen LogP contribution in [0.2, 0.25) is 0 Å². The molecule has 0 saturated carbocycles. The highest BCUT2D eigenvalue weighted by molar-refractivity contribution is 5.89. The Morgan fingerprint density at radius 2 is 1.64 bits per heavy atom. The molecule has 3 rings (SSSR count). The second-order valence-electron chi connectivity index (χ2n) is 5.21. The van der Waals surface area contributed by atoms with E-state index in [-0.39, 0.29) is 5.76 Å². The van der Waals surface area contributed by atoms with Crippen molar-refractivity contribution in [2.24, 2.45) is 0 Å². The molecule has 22 heavy (non-hydrogen) atoms. The van der Waals surface area contributed by atoms with Gasteiger partial charge in [0.25, 0.3) is 0 Å². The lowest BCUT2D eigenvalue weighted by Crippen LogP contribution is -2.07. The molecule has 3 nitrogen and oxygen atoms in total. The van der Waals surface area contributed by atoms with Crippen molar-refractivity contribution >= 4 is 16.5 Å². The molecule has 0 saturated heterocycles. The second kappa shape index (κ2) is 5.05. The zero-order chi connectivity index (χ0) is 15.9. The molecule has 0 bridgehead atoms. The summed E-state index contributed by atoms with van der Waals surface area (Å²) in [6, 6.07) is 12.2. The van der Waals surface area contributed by atoms with Crippen LogP contribution >= 0.6 is 0 Å². The van der Waals surface area contributed by atoms with Gasteiger partial charge in [-0.2, -0.15) is 13.2 Å². The molecule has 0 unspecified atom stereocenters. The Morgan fingerprint density at radius 1 is 0.955 bits per heavy atom.